The van der Waals surface area contributed by atoms with Crippen LogP contribution in [0.1, 0.15) is 29.8 Å². The molecule has 1 fully saturated rings. The Morgan fingerprint density at radius 2 is 1.89 bits per heavy atom. The highest BCUT2D eigenvalue weighted by Gasteiger charge is 2.34. The first kappa shape index (κ1) is 30.2. The molecule has 2 aliphatic rings. The minimum atomic E-state index is -3.96. The Morgan fingerprint density at radius 3 is 2.64 bits per heavy atom. The average Bonchev–Trinajstić information content (AvgIpc) is 3.49. The van der Waals surface area contributed by atoms with Gasteiger partial charge in [-0.1, -0.05) is 35.9 Å². The van der Waals surface area contributed by atoms with Crippen molar-refractivity contribution in [2.45, 2.75) is 43.7 Å². The third-order valence-corrected chi connectivity index (χ3v) is 10.00. The molecule has 0 unspecified atom stereocenters. The smallest absolute Gasteiger partial charge is 0.264 e. The number of nitrogens with zero attached hydrogens (tertiary/aromatic N) is 6. The second-order valence-corrected chi connectivity index (χ2v) is 13.9. The minimum Gasteiger partial charge on any atom is -0.468 e. The van der Waals surface area contributed by atoms with E-state index in [2.05, 4.69) is 20.7 Å². The topological polar surface area (TPSA) is 104 Å². The van der Waals surface area contributed by atoms with Crippen molar-refractivity contribution in [2.75, 3.05) is 42.5 Å². The maximum absolute atomic E-state index is 12.3. The van der Waals surface area contributed by atoms with E-state index in [1.54, 1.807) is 4.90 Å². The lowest BCUT2D eigenvalue weighted by molar-refractivity contribution is -0.131. The molecule has 0 aliphatic carbocycles. The first-order valence-corrected chi connectivity index (χ1v) is 17.0. The zero-order chi connectivity index (χ0) is 31.0. The number of furan rings is 1. The van der Waals surface area contributed by atoms with Gasteiger partial charge in [-0.3, -0.25) is 4.79 Å². The van der Waals surface area contributed by atoms with E-state index in [-0.39, 0.29) is 35.6 Å². The highest BCUT2D eigenvalue weighted by Crippen LogP contribution is 2.37. The van der Waals surface area contributed by atoms with Gasteiger partial charge in [0.15, 0.2) is 0 Å². The minimum absolute atomic E-state index is 0.0448. The van der Waals surface area contributed by atoms with Gasteiger partial charge in [-0.2, -0.15) is 0 Å². The number of carbonyl (C=O) groups is 1. The van der Waals surface area contributed by atoms with Gasteiger partial charge in [0, 0.05) is 73.3 Å². The molecule has 0 spiro atoms. The van der Waals surface area contributed by atoms with Crippen LogP contribution in [0.4, 0.5) is 11.5 Å². The number of hydrogen-bond acceptors (Lipinski definition) is 8. The third kappa shape index (κ3) is 5.94. The molecule has 10 nitrogen and oxygen atoms in total. The van der Waals surface area contributed by atoms with Crippen LogP contribution >= 0.6 is 22.3 Å². The molecule has 13 heteroatoms. The van der Waals surface area contributed by atoms with Crippen LogP contribution in [-0.2, 0) is 39.7 Å². The molecule has 0 N–H and O–H groups in total. The second kappa shape index (κ2) is 12.3. The van der Waals surface area contributed by atoms with Crippen LogP contribution in [0.5, 0.6) is 0 Å². The van der Waals surface area contributed by atoms with E-state index in [1.807, 2.05) is 30.3 Å². The lowest BCUT2D eigenvalue weighted by Gasteiger charge is -2.41. The fourth-order valence-corrected chi connectivity index (χ4v) is 7.59. The van der Waals surface area contributed by atoms with E-state index in [1.165, 1.54) is 19.3 Å². The van der Waals surface area contributed by atoms with Crippen molar-refractivity contribution in [1.29, 1.82) is 0 Å². The predicted octanol–water partition coefficient (Wildman–Crippen LogP) is 5.11. The van der Waals surface area contributed by atoms with E-state index in [0.29, 0.717) is 49.9 Å². The number of hydrogen-bond donors (Lipinski definition) is 0. The molecule has 2 aromatic heterocycles. The molecule has 228 valence electrons. The zero-order valence-electron chi connectivity index (χ0n) is 24.0. The summed E-state index contributed by atoms with van der Waals surface area (Å²) in [6, 6.07) is 13.1. The maximum Gasteiger partial charge on any atom is 0.264 e. The standard InChI is InChI=1S/C31H30Cl2N6O4S/c1-20(40)39-15-14-38(18-22(39)17-34-2)31-23-11-13-37(26-8-4-6-21-5-3-7-24(32)30(21)26)19-25(23)35-29(36-31)10-9-27-28(12-16-43-27)44(33,41)42/h3-8,12,16,22H,9-11,13-15,17-19H2,1H3/t22-/m0/s1. The highest BCUT2D eigenvalue weighted by atomic mass is 35.7. The summed E-state index contributed by atoms with van der Waals surface area (Å²) in [4.78, 5) is 32.0. The molecular weight excluding hydrogens is 623 g/mol. The number of carbonyl (C=O) groups excluding carboxylic acids is 1. The van der Waals surface area contributed by atoms with Crippen LogP contribution in [0.15, 0.2) is 58.0 Å². The van der Waals surface area contributed by atoms with Crippen LogP contribution in [0.25, 0.3) is 15.6 Å². The van der Waals surface area contributed by atoms with E-state index < -0.39 is 9.05 Å². The first-order valence-electron chi connectivity index (χ1n) is 14.3. The van der Waals surface area contributed by atoms with Gasteiger partial charge >= 0.3 is 0 Å². The van der Waals surface area contributed by atoms with E-state index in [0.717, 1.165) is 40.1 Å². The quantitative estimate of drug-likeness (QED) is 0.200. The van der Waals surface area contributed by atoms with Gasteiger partial charge in [0.1, 0.15) is 28.3 Å². The Kier molecular flexibility index (Phi) is 8.42. The Bertz CT molecular complexity index is 1880. The van der Waals surface area contributed by atoms with Crippen LogP contribution in [0.2, 0.25) is 5.02 Å². The summed E-state index contributed by atoms with van der Waals surface area (Å²) in [5.41, 5.74) is 2.94. The number of benzene rings is 2. The number of piperazine rings is 1. The van der Waals surface area contributed by atoms with Crippen LogP contribution < -0.4 is 9.80 Å². The normalized spacial score (nSPS) is 17.0. The van der Waals surface area contributed by atoms with Crippen molar-refractivity contribution in [1.82, 2.24) is 14.9 Å². The van der Waals surface area contributed by atoms with Crippen molar-refractivity contribution in [2.24, 2.45) is 0 Å². The summed E-state index contributed by atoms with van der Waals surface area (Å²) in [6.07, 6.45) is 2.57. The van der Waals surface area contributed by atoms with Crippen molar-refractivity contribution in [3.8, 4) is 0 Å². The molecule has 4 aromatic rings. The predicted molar refractivity (Wildman–Crippen MR) is 170 cm³/mol. The van der Waals surface area contributed by atoms with Crippen molar-refractivity contribution in [3.05, 3.63) is 88.0 Å². The van der Waals surface area contributed by atoms with E-state index in [9.17, 15) is 13.2 Å². The maximum atomic E-state index is 12.3. The molecule has 2 aromatic carbocycles. The SMILES string of the molecule is [C-]#[N+]C[C@H]1CN(c2nc(CCc3occc3S(=O)(=O)Cl)nc3c2CCN(c2cccc4cccc(Cl)c24)C3)CCN1C(C)=O. The van der Waals surface area contributed by atoms with E-state index in [4.69, 9.17) is 43.2 Å². The molecule has 0 bridgehead atoms. The number of rotatable bonds is 7. The summed E-state index contributed by atoms with van der Waals surface area (Å²) >= 11 is 6.67. The summed E-state index contributed by atoms with van der Waals surface area (Å²) in [5, 5.41) is 2.73. The third-order valence-electron chi connectivity index (χ3n) is 8.29. The monoisotopic (exact) mass is 652 g/mol. The zero-order valence-corrected chi connectivity index (χ0v) is 26.4. The molecule has 1 atom stereocenters. The lowest BCUT2D eigenvalue weighted by Crippen LogP contribution is -2.56. The highest BCUT2D eigenvalue weighted by molar-refractivity contribution is 8.13. The van der Waals surface area contributed by atoms with Crippen molar-refractivity contribution in [3.63, 3.8) is 0 Å². The number of fused-ring (bicyclic) bond motifs is 2. The Morgan fingerprint density at radius 1 is 1.09 bits per heavy atom. The van der Waals surface area contributed by atoms with Crippen LogP contribution in [-0.4, -0.2) is 68.0 Å². The summed E-state index contributed by atoms with van der Waals surface area (Å²) < 4.78 is 29.5. The van der Waals surface area contributed by atoms with Crippen LogP contribution in [0, 0.1) is 6.57 Å². The molecular formula is C31H30Cl2N6O4S. The molecule has 2 aliphatic heterocycles. The van der Waals surface area contributed by atoms with Crippen LogP contribution in [0.3, 0.4) is 0 Å². The number of amides is 1. The number of aryl methyl sites for hydroxylation is 2. The largest absolute Gasteiger partial charge is 0.468 e. The molecule has 4 heterocycles. The Balaban J connectivity index is 1.37. The molecule has 6 rings (SSSR count). The molecule has 44 heavy (non-hydrogen) atoms. The van der Waals surface area contributed by atoms with Crippen molar-refractivity contribution >= 4 is 59.5 Å². The fraction of sp³-hybridized carbons (Fsp3) is 0.355. The van der Waals surface area contributed by atoms with Gasteiger partial charge in [0.05, 0.1) is 23.5 Å². The van der Waals surface area contributed by atoms with Gasteiger partial charge in [-0.25, -0.2) is 25.0 Å². The molecule has 0 saturated carbocycles. The van der Waals surface area contributed by atoms with Gasteiger partial charge < -0.3 is 24.0 Å². The second-order valence-electron chi connectivity index (χ2n) is 11.0. The van der Waals surface area contributed by atoms with Crippen molar-refractivity contribution < 1.29 is 17.6 Å². The summed E-state index contributed by atoms with van der Waals surface area (Å²) in [5.74, 6) is 1.55. The molecule has 0 radical (unpaired) electrons. The summed E-state index contributed by atoms with van der Waals surface area (Å²) in [6.45, 7) is 12.0. The fourth-order valence-electron chi connectivity index (χ4n) is 6.26. The van der Waals surface area contributed by atoms with Gasteiger partial charge in [-0.15, -0.1) is 0 Å². The van der Waals surface area contributed by atoms with Gasteiger partial charge in [-0.05, 0) is 30.0 Å². The first-order chi connectivity index (χ1) is 21.1. The number of anilines is 2. The Labute approximate surface area is 265 Å². The van der Waals surface area contributed by atoms with E-state index >= 15 is 0 Å². The average molecular weight is 654 g/mol. The lowest BCUT2D eigenvalue weighted by atomic mass is 10.0. The number of halogens is 2. The summed E-state index contributed by atoms with van der Waals surface area (Å²) in [7, 11) is 1.66. The van der Waals surface area contributed by atoms with Gasteiger partial charge in [0.25, 0.3) is 9.05 Å². The molecule has 1 amide bonds. The molecule has 1 saturated heterocycles. The van der Waals surface area contributed by atoms with Gasteiger partial charge in [0.2, 0.25) is 12.5 Å². The number of aromatic nitrogens is 2. The Hall–Kier alpha value is -3.85.